The molecule has 2 aromatic carbocycles. The maximum atomic E-state index is 13.4. The average molecular weight is 371 g/mol. The van der Waals surface area contributed by atoms with Crippen LogP contribution in [0.3, 0.4) is 0 Å². The van der Waals surface area contributed by atoms with E-state index < -0.39 is 0 Å². The predicted octanol–water partition coefficient (Wildman–Crippen LogP) is 5.05. The van der Waals surface area contributed by atoms with Crippen molar-refractivity contribution in [2.45, 2.75) is 38.8 Å². The Labute approximate surface area is 163 Å². The molecule has 1 atom stereocenters. The topological polar surface area (TPSA) is 59.2 Å². The number of aryl methyl sites for hydroxylation is 1. The van der Waals surface area contributed by atoms with Gasteiger partial charge in [-0.05, 0) is 55.2 Å². The largest absolute Gasteiger partial charge is 0.336 e. The van der Waals surface area contributed by atoms with Crippen LogP contribution in [0, 0.1) is 6.92 Å². The van der Waals surface area contributed by atoms with E-state index in [2.05, 4.69) is 47.4 Å². The minimum absolute atomic E-state index is 0.0103. The van der Waals surface area contributed by atoms with Gasteiger partial charge in [-0.3, -0.25) is 4.79 Å². The molecule has 0 bridgehead atoms. The first-order valence-electron chi connectivity index (χ1n) is 9.65. The molecule has 5 nitrogen and oxygen atoms in total. The molecule has 28 heavy (non-hydrogen) atoms. The van der Waals surface area contributed by atoms with Gasteiger partial charge in [0.25, 0.3) is 11.6 Å². The van der Waals surface area contributed by atoms with E-state index in [-0.39, 0.29) is 18.0 Å². The standard InChI is InChI=1S/C23H21N3O2/c1-14-21-12-19(13-24-22(21)28-25-14)23(27)26(20-9-10-20)15(2)17-8-7-16-5-3-4-6-18(16)11-17/h3-8,11-13,15,20H,9-10H2,1-2H3/t15-/m1/s1. The Bertz CT molecular complexity index is 1190. The van der Waals surface area contributed by atoms with E-state index in [1.165, 1.54) is 10.8 Å². The summed E-state index contributed by atoms with van der Waals surface area (Å²) in [7, 11) is 0. The monoisotopic (exact) mass is 371 g/mol. The van der Waals surface area contributed by atoms with Crippen LogP contribution in [-0.4, -0.2) is 27.0 Å². The highest BCUT2D eigenvalue weighted by Crippen LogP contribution is 2.36. The number of fused-ring (bicyclic) bond motifs is 2. The quantitative estimate of drug-likeness (QED) is 0.504. The number of carbonyl (C=O) groups excluding carboxylic acids is 1. The Morgan fingerprint density at radius 2 is 1.93 bits per heavy atom. The molecule has 5 heteroatoms. The first kappa shape index (κ1) is 16.9. The van der Waals surface area contributed by atoms with Gasteiger partial charge in [0, 0.05) is 12.2 Å². The van der Waals surface area contributed by atoms with Gasteiger partial charge in [0.1, 0.15) is 0 Å². The third-order valence-electron chi connectivity index (χ3n) is 5.60. The van der Waals surface area contributed by atoms with Crippen molar-refractivity contribution in [2.75, 3.05) is 0 Å². The molecule has 0 saturated heterocycles. The minimum atomic E-state index is -0.0103. The lowest BCUT2D eigenvalue weighted by Crippen LogP contribution is -2.35. The Kier molecular flexibility index (Phi) is 3.90. The van der Waals surface area contributed by atoms with Crippen LogP contribution in [0.2, 0.25) is 0 Å². The Morgan fingerprint density at radius 3 is 2.71 bits per heavy atom. The highest BCUT2D eigenvalue weighted by atomic mass is 16.5. The highest BCUT2D eigenvalue weighted by molar-refractivity contribution is 5.97. The number of amides is 1. The maximum Gasteiger partial charge on any atom is 0.257 e. The van der Waals surface area contributed by atoms with Crippen LogP contribution in [0.4, 0.5) is 0 Å². The van der Waals surface area contributed by atoms with Crippen molar-refractivity contribution in [3.8, 4) is 0 Å². The summed E-state index contributed by atoms with van der Waals surface area (Å²) >= 11 is 0. The second-order valence-electron chi connectivity index (χ2n) is 7.57. The van der Waals surface area contributed by atoms with Gasteiger partial charge >= 0.3 is 0 Å². The summed E-state index contributed by atoms with van der Waals surface area (Å²) in [5.41, 5.74) is 2.94. The van der Waals surface area contributed by atoms with Crippen LogP contribution in [0.25, 0.3) is 21.9 Å². The van der Waals surface area contributed by atoms with Crippen molar-refractivity contribution in [1.82, 2.24) is 15.0 Å². The zero-order valence-electron chi connectivity index (χ0n) is 15.9. The van der Waals surface area contributed by atoms with Crippen LogP contribution in [0.1, 0.15) is 47.4 Å². The van der Waals surface area contributed by atoms with Gasteiger partial charge in [-0.25, -0.2) is 4.98 Å². The van der Waals surface area contributed by atoms with Gasteiger partial charge in [-0.15, -0.1) is 0 Å². The highest BCUT2D eigenvalue weighted by Gasteiger charge is 2.37. The van der Waals surface area contributed by atoms with Crippen LogP contribution in [-0.2, 0) is 0 Å². The lowest BCUT2D eigenvalue weighted by molar-refractivity contribution is 0.0674. The molecule has 0 spiro atoms. The predicted molar refractivity (Wildman–Crippen MR) is 108 cm³/mol. The summed E-state index contributed by atoms with van der Waals surface area (Å²) in [5, 5.41) is 7.13. The summed E-state index contributed by atoms with van der Waals surface area (Å²) in [4.78, 5) is 19.7. The van der Waals surface area contributed by atoms with E-state index >= 15 is 0 Å². The van der Waals surface area contributed by atoms with Crippen molar-refractivity contribution < 1.29 is 9.32 Å². The van der Waals surface area contributed by atoms with E-state index in [9.17, 15) is 4.79 Å². The van der Waals surface area contributed by atoms with Crippen LogP contribution in [0.15, 0.2) is 59.3 Å². The zero-order valence-corrected chi connectivity index (χ0v) is 15.9. The molecule has 0 N–H and O–H groups in total. The van der Waals surface area contributed by atoms with Gasteiger partial charge < -0.3 is 9.42 Å². The summed E-state index contributed by atoms with van der Waals surface area (Å²) < 4.78 is 5.18. The van der Waals surface area contributed by atoms with Crippen molar-refractivity contribution in [3.05, 3.63) is 71.5 Å². The van der Waals surface area contributed by atoms with E-state index in [0.717, 1.165) is 29.5 Å². The number of nitrogens with zero attached hydrogens (tertiary/aromatic N) is 3. The Balaban J connectivity index is 1.51. The normalized spacial score (nSPS) is 15.1. The van der Waals surface area contributed by atoms with E-state index in [1.54, 1.807) is 6.20 Å². The lowest BCUT2D eigenvalue weighted by atomic mass is 10.0. The number of rotatable bonds is 4. The summed E-state index contributed by atoms with van der Waals surface area (Å²) in [5.74, 6) is 0.0122. The number of carbonyl (C=O) groups is 1. The van der Waals surface area contributed by atoms with Crippen molar-refractivity contribution in [3.63, 3.8) is 0 Å². The van der Waals surface area contributed by atoms with Crippen LogP contribution >= 0.6 is 0 Å². The van der Waals surface area contributed by atoms with Gasteiger partial charge in [-0.1, -0.05) is 41.6 Å². The third kappa shape index (κ3) is 2.83. The molecule has 5 rings (SSSR count). The second kappa shape index (κ2) is 6.44. The molecule has 1 amide bonds. The molecule has 1 aliphatic rings. The average Bonchev–Trinajstić information content (AvgIpc) is 3.50. The van der Waals surface area contributed by atoms with Crippen LogP contribution in [0.5, 0.6) is 0 Å². The molecule has 2 heterocycles. The number of hydrogen-bond donors (Lipinski definition) is 0. The minimum Gasteiger partial charge on any atom is -0.336 e. The first-order chi connectivity index (χ1) is 13.6. The Hall–Kier alpha value is -3.21. The summed E-state index contributed by atoms with van der Waals surface area (Å²) in [6, 6.07) is 16.9. The van der Waals surface area contributed by atoms with Crippen molar-refractivity contribution in [1.29, 1.82) is 0 Å². The molecule has 140 valence electrons. The number of aromatic nitrogens is 2. The number of benzene rings is 2. The molecule has 2 aromatic heterocycles. The van der Waals surface area contributed by atoms with Gasteiger partial charge in [0.15, 0.2) is 0 Å². The van der Waals surface area contributed by atoms with Gasteiger partial charge in [0.05, 0.1) is 22.7 Å². The van der Waals surface area contributed by atoms with Gasteiger partial charge in [-0.2, -0.15) is 0 Å². The molecule has 1 fully saturated rings. The molecule has 4 aromatic rings. The smallest absolute Gasteiger partial charge is 0.257 e. The fourth-order valence-electron chi connectivity index (χ4n) is 3.85. The van der Waals surface area contributed by atoms with Crippen molar-refractivity contribution in [2.24, 2.45) is 0 Å². The summed E-state index contributed by atoms with van der Waals surface area (Å²) in [6.07, 6.45) is 3.69. The maximum absolute atomic E-state index is 13.4. The summed E-state index contributed by atoms with van der Waals surface area (Å²) in [6.45, 7) is 3.97. The molecule has 1 saturated carbocycles. The fraction of sp³-hybridized carbons (Fsp3) is 0.261. The van der Waals surface area contributed by atoms with Gasteiger partial charge in [0.2, 0.25) is 0 Å². The first-order valence-corrected chi connectivity index (χ1v) is 9.65. The third-order valence-corrected chi connectivity index (χ3v) is 5.60. The number of hydrogen-bond acceptors (Lipinski definition) is 4. The second-order valence-corrected chi connectivity index (χ2v) is 7.57. The SMILES string of the molecule is Cc1noc2ncc(C(=O)N(C3CC3)[C@H](C)c3ccc4ccccc4c3)cc12. The lowest BCUT2D eigenvalue weighted by Gasteiger charge is -2.30. The van der Waals surface area contributed by atoms with E-state index in [0.29, 0.717) is 11.3 Å². The van der Waals surface area contributed by atoms with E-state index in [4.69, 9.17) is 4.52 Å². The Morgan fingerprint density at radius 1 is 1.14 bits per heavy atom. The number of pyridine rings is 1. The molecule has 0 radical (unpaired) electrons. The van der Waals surface area contributed by atoms with Crippen molar-refractivity contribution >= 4 is 27.8 Å². The molecule has 0 aliphatic heterocycles. The molecule has 1 aliphatic carbocycles. The van der Waals surface area contributed by atoms with Crippen LogP contribution < -0.4 is 0 Å². The molecular weight excluding hydrogens is 350 g/mol. The fourth-order valence-corrected chi connectivity index (χ4v) is 3.85. The zero-order chi connectivity index (χ0) is 19.3. The van der Waals surface area contributed by atoms with E-state index in [1.807, 2.05) is 30.0 Å². The molecule has 0 unspecified atom stereocenters. The molecular formula is C23H21N3O2.